The quantitative estimate of drug-likeness (QED) is 0.467. The smallest absolute Gasteiger partial charge is 0.208 e. The van der Waals surface area contributed by atoms with Crippen LogP contribution in [0.4, 0.5) is 8.78 Å². The normalized spacial score (nSPS) is 9.25. The summed E-state index contributed by atoms with van der Waals surface area (Å²) >= 11 is 0. The molecular formula is C4H2F2N2. The van der Waals surface area contributed by atoms with Gasteiger partial charge in [-0.3, -0.25) is 0 Å². The molecule has 0 bridgehead atoms. The molecule has 4 heteroatoms. The summed E-state index contributed by atoms with van der Waals surface area (Å²) in [6.45, 7) is 0. The number of halogens is 2. The highest BCUT2D eigenvalue weighted by molar-refractivity contribution is 4.82. The topological polar surface area (TPSA) is 25.8 Å². The Morgan fingerprint density at radius 2 is 1.62 bits per heavy atom. The third-order valence-corrected chi connectivity index (χ3v) is 0.600. The molecule has 1 aromatic rings. The van der Waals surface area contributed by atoms with Gasteiger partial charge in [0.1, 0.15) is 6.33 Å². The van der Waals surface area contributed by atoms with Crippen molar-refractivity contribution >= 4 is 0 Å². The lowest BCUT2D eigenvalue weighted by Gasteiger charge is -1.82. The predicted molar refractivity (Wildman–Crippen MR) is 21.9 cm³/mol. The maximum absolute atomic E-state index is 11.8. The van der Waals surface area contributed by atoms with Crippen LogP contribution in [0.15, 0.2) is 12.4 Å². The minimum atomic E-state index is -0.850. The Balaban J connectivity index is 3.08. The summed E-state index contributed by atoms with van der Waals surface area (Å²) < 4.78 is 23.6. The lowest BCUT2D eigenvalue weighted by molar-refractivity contribution is 0.525. The van der Waals surface area contributed by atoms with Crippen LogP contribution in [0, 0.1) is 11.9 Å². The molecule has 0 aliphatic heterocycles. The fraction of sp³-hybridized carbons (Fsp3) is 0. The van der Waals surface area contributed by atoms with Gasteiger partial charge in [-0.1, -0.05) is 0 Å². The van der Waals surface area contributed by atoms with Gasteiger partial charge in [-0.2, -0.15) is 8.78 Å². The van der Waals surface area contributed by atoms with Crippen molar-refractivity contribution in [1.29, 1.82) is 0 Å². The molecule has 0 aliphatic rings. The van der Waals surface area contributed by atoms with Gasteiger partial charge in [-0.25, -0.2) is 9.97 Å². The van der Waals surface area contributed by atoms with E-state index in [9.17, 15) is 8.78 Å². The standard InChI is InChI=1S/C4H2F2N2/c5-3-1-4(6)8-2-7-3/h1-2H. The zero-order valence-electron chi connectivity index (χ0n) is 3.81. The molecule has 0 aliphatic carbocycles. The molecule has 0 N–H and O–H groups in total. The second kappa shape index (κ2) is 1.81. The zero-order valence-corrected chi connectivity index (χ0v) is 3.81. The maximum Gasteiger partial charge on any atom is 0.218 e. The van der Waals surface area contributed by atoms with Crippen LogP contribution in [0.5, 0.6) is 0 Å². The maximum atomic E-state index is 11.8. The van der Waals surface area contributed by atoms with E-state index in [-0.39, 0.29) is 0 Å². The van der Waals surface area contributed by atoms with Crippen molar-refractivity contribution < 1.29 is 8.78 Å². The van der Waals surface area contributed by atoms with Crippen molar-refractivity contribution in [3.05, 3.63) is 24.3 Å². The van der Waals surface area contributed by atoms with Crippen molar-refractivity contribution in [2.75, 3.05) is 0 Å². The van der Waals surface area contributed by atoms with Gasteiger partial charge < -0.3 is 0 Å². The fourth-order valence-electron chi connectivity index (χ4n) is 0.312. The van der Waals surface area contributed by atoms with Gasteiger partial charge in [-0.15, -0.1) is 0 Å². The van der Waals surface area contributed by atoms with Crippen molar-refractivity contribution in [2.24, 2.45) is 0 Å². The van der Waals surface area contributed by atoms with Gasteiger partial charge in [-0.05, 0) is 0 Å². The monoisotopic (exact) mass is 116 g/mol. The first kappa shape index (κ1) is 5.08. The van der Waals surface area contributed by atoms with Gasteiger partial charge in [0.2, 0.25) is 11.9 Å². The number of nitrogens with zero attached hydrogens (tertiary/aromatic N) is 2. The Morgan fingerprint density at radius 3 is 1.88 bits per heavy atom. The average Bonchev–Trinajstić information content (AvgIpc) is 1.64. The molecule has 0 radical (unpaired) electrons. The lowest BCUT2D eigenvalue weighted by Crippen LogP contribution is -1.86. The van der Waals surface area contributed by atoms with Crippen molar-refractivity contribution in [2.45, 2.75) is 0 Å². The first-order valence-electron chi connectivity index (χ1n) is 1.92. The molecular weight excluding hydrogens is 114 g/mol. The summed E-state index contributed by atoms with van der Waals surface area (Å²) in [4.78, 5) is 6.04. The lowest BCUT2D eigenvalue weighted by atomic mass is 10.6. The van der Waals surface area contributed by atoms with E-state index in [1.54, 1.807) is 0 Å². The highest BCUT2D eigenvalue weighted by atomic mass is 19.1. The number of hydrogen-bond acceptors (Lipinski definition) is 2. The van der Waals surface area contributed by atoms with Gasteiger partial charge in [0.15, 0.2) is 0 Å². The summed E-state index contributed by atoms with van der Waals surface area (Å²) in [5.41, 5.74) is 0. The zero-order chi connectivity index (χ0) is 5.98. The van der Waals surface area contributed by atoms with Crippen LogP contribution in [0.1, 0.15) is 0 Å². The molecule has 42 valence electrons. The molecule has 1 aromatic heterocycles. The van der Waals surface area contributed by atoms with E-state index in [0.717, 1.165) is 6.33 Å². The van der Waals surface area contributed by atoms with Crippen LogP contribution < -0.4 is 0 Å². The molecule has 0 aromatic carbocycles. The van der Waals surface area contributed by atoms with Gasteiger partial charge in [0, 0.05) is 6.07 Å². The van der Waals surface area contributed by atoms with E-state index in [1.165, 1.54) is 0 Å². The number of rotatable bonds is 0. The number of hydrogen-bond donors (Lipinski definition) is 0. The molecule has 1 rings (SSSR count). The molecule has 0 fully saturated rings. The minimum Gasteiger partial charge on any atom is -0.208 e. The van der Waals surface area contributed by atoms with Crippen molar-refractivity contribution in [3.63, 3.8) is 0 Å². The van der Waals surface area contributed by atoms with E-state index in [1.807, 2.05) is 0 Å². The van der Waals surface area contributed by atoms with Crippen LogP contribution in [-0.2, 0) is 0 Å². The second-order valence-electron chi connectivity index (χ2n) is 1.16. The molecule has 2 nitrogen and oxygen atoms in total. The van der Waals surface area contributed by atoms with Crippen LogP contribution in [0.3, 0.4) is 0 Å². The summed E-state index contributed by atoms with van der Waals surface area (Å²) in [7, 11) is 0. The summed E-state index contributed by atoms with van der Waals surface area (Å²) in [5, 5.41) is 0. The summed E-state index contributed by atoms with van der Waals surface area (Å²) in [6, 6.07) is 0.611. The third kappa shape index (κ3) is 0.959. The Bertz CT molecular complexity index is 172. The van der Waals surface area contributed by atoms with Crippen LogP contribution >= 0.6 is 0 Å². The van der Waals surface area contributed by atoms with E-state index in [4.69, 9.17) is 0 Å². The molecule has 0 saturated carbocycles. The molecule has 0 unspecified atom stereocenters. The first-order chi connectivity index (χ1) is 3.79. The molecule has 1 heterocycles. The fourth-order valence-corrected chi connectivity index (χ4v) is 0.312. The van der Waals surface area contributed by atoms with E-state index >= 15 is 0 Å². The summed E-state index contributed by atoms with van der Waals surface area (Å²) in [6.07, 6.45) is 0.824. The Kier molecular flexibility index (Phi) is 1.15. The Morgan fingerprint density at radius 1 is 1.12 bits per heavy atom. The van der Waals surface area contributed by atoms with E-state index in [2.05, 4.69) is 9.97 Å². The van der Waals surface area contributed by atoms with Gasteiger partial charge in [0.05, 0.1) is 0 Å². The SMILES string of the molecule is Fc1cc(F)ncn1. The molecule has 0 atom stereocenters. The highest BCUT2D eigenvalue weighted by Crippen LogP contribution is 1.90. The molecule has 0 saturated heterocycles. The highest BCUT2D eigenvalue weighted by Gasteiger charge is 1.91. The third-order valence-electron chi connectivity index (χ3n) is 0.600. The first-order valence-corrected chi connectivity index (χ1v) is 1.92. The average molecular weight is 116 g/mol. The van der Waals surface area contributed by atoms with Crippen LogP contribution in [-0.4, -0.2) is 9.97 Å². The molecule has 0 spiro atoms. The molecule has 0 amide bonds. The van der Waals surface area contributed by atoms with Crippen LogP contribution in [0.2, 0.25) is 0 Å². The molecule has 8 heavy (non-hydrogen) atoms. The Hall–Kier alpha value is -1.06. The largest absolute Gasteiger partial charge is 0.218 e. The van der Waals surface area contributed by atoms with E-state index in [0.29, 0.717) is 6.07 Å². The predicted octanol–water partition coefficient (Wildman–Crippen LogP) is 0.755. The van der Waals surface area contributed by atoms with Gasteiger partial charge >= 0.3 is 0 Å². The second-order valence-corrected chi connectivity index (χ2v) is 1.16. The Labute approximate surface area is 44.2 Å². The summed E-state index contributed by atoms with van der Waals surface area (Å²) in [5.74, 6) is -1.70. The van der Waals surface area contributed by atoms with Gasteiger partial charge in [0.25, 0.3) is 0 Å². The van der Waals surface area contributed by atoms with Crippen molar-refractivity contribution in [1.82, 2.24) is 9.97 Å². The van der Waals surface area contributed by atoms with Crippen LogP contribution in [0.25, 0.3) is 0 Å². The van der Waals surface area contributed by atoms with E-state index < -0.39 is 11.9 Å². The minimum absolute atomic E-state index is 0.611. The van der Waals surface area contributed by atoms with Crippen molar-refractivity contribution in [3.8, 4) is 0 Å². The number of aromatic nitrogens is 2.